The molecule has 1 aromatic rings. The van der Waals surface area contributed by atoms with Crippen LogP contribution >= 0.6 is 0 Å². The van der Waals surface area contributed by atoms with Gasteiger partial charge in [-0.1, -0.05) is 6.07 Å². The Morgan fingerprint density at radius 1 is 1.55 bits per heavy atom. The summed E-state index contributed by atoms with van der Waals surface area (Å²) in [5.74, 6) is 0.406. The molecular formula is C13H18N4O3. The Bertz CT molecular complexity index is 530. The third-order valence-electron chi connectivity index (χ3n) is 3.62. The number of hydrogen-bond donors (Lipinski definition) is 3. The molecular weight excluding hydrogens is 260 g/mol. The van der Waals surface area contributed by atoms with Gasteiger partial charge in [0.15, 0.2) is 0 Å². The highest BCUT2D eigenvalue weighted by atomic mass is 16.6. The summed E-state index contributed by atoms with van der Waals surface area (Å²) in [7, 11) is 0. The van der Waals surface area contributed by atoms with E-state index in [0.29, 0.717) is 18.2 Å². The zero-order chi connectivity index (χ0) is 14.8. The predicted octanol–water partition coefficient (Wildman–Crippen LogP) is 1.84. The lowest BCUT2D eigenvalue weighted by atomic mass is 9.96. The first-order valence-electron chi connectivity index (χ1n) is 6.48. The van der Waals surface area contributed by atoms with E-state index >= 15 is 0 Å². The zero-order valence-corrected chi connectivity index (χ0v) is 11.3. The lowest BCUT2D eigenvalue weighted by molar-refractivity contribution is -0.384. The van der Waals surface area contributed by atoms with Crippen molar-refractivity contribution in [2.24, 2.45) is 11.7 Å². The summed E-state index contributed by atoms with van der Waals surface area (Å²) in [6.45, 7) is 2.28. The molecule has 0 heterocycles. The largest absolute Gasteiger partial charge is 0.331 e. The van der Waals surface area contributed by atoms with E-state index in [1.807, 2.05) is 6.92 Å². The van der Waals surface area contributed by atoms with Crippen molar-refractivity contribution in [3.63, 3.8) is 0 Å². The Morgan fingerprint density at radius 3 is 2.80 bits per heavy atom. The molecule has 4 N–H and O–H groups in total. The molecule has 7 nitrogen and oxygen atoms in total. The number of nitrogens with zero attached hydrogens (tertiary/aromatic N) is 1. The van der Waals surface area contributed by atoms with Crippen LogP contribution in [0.4, 0.5) is 16.2 Å². The molecule has 0 aliphatic heterocycles. The maximum Gasteiger partial charge on any atom is 0.319 e. The first-order chi connectivity index (χ1) is 9.44. The van der Waals surface area contributed by atoms with Gasteiger partial charge >= 0.3 is 6.03 Å². The van der Waals surface area contributed by atoms with Crippen LogP contribution in [0.1, 0.15) is 19.8 Å². The van der Waals surface area contributed by atoms with Crippen LogP contribution < -0.4 is 16.4 Å². The van der Waals surface area contributed by atoms with Crippen LogP contribution in [0.25, 0.3) is 0 Å². The molecule has 1 saturated carbocycles. The normalized spacial score (nSPS) is 17.1. The molecule has 1 fully saturated rings. The van der Waals surface area contributed by atoms with Gasteiger partial charge in [-0.05, 0) is 31.7 Å². The number of hydrogen-bond acceptors (Lipinski definition) is 4. The van der Waals surface area contributed by atoms with Gasteiger partial charge in [-0.3, -0.25) is 10.1 Å². The topological polar surface area (TPSA) is 110 Å². The van der Waals surface area contributed by atoms with Gasteiger partial charge in [-0.15, -0.1) is 0 Å². The molecule has 0 saturated heterocycles. The van der Waals surface area contributed by atoms with E-state index in [4.69, 9.17) is 5.73 Å². The predicted molar refractivity (Wildman–Crippen MR) is 75.4 cm³/mol. The minimum Gasteiger partial charge on any atom is -0.331 e. The number of benzene rings is 1. The van der Waals surface area contributed by atoms with Gasteiger partial charge in [-0.2, -0.15) is 0 Å². The molecule has 108 valence electrons. The minimum absolute atomic E-state index is 0.0634. The van der Waals surface area contributed by atoms with E-state index in [2.05, 4.69) is 10.6 Å². The number of nitrogens with one attached hydrogen (secondary N) is 2. The number of non-ortho nitro benzene ring substituents is 1. The monoisotopic (exact) mass is 278 g/mol. The van der Waals surface area contributed by atoms with Gasteiger partial charge < -0.3 is 16.4 Å². The first-order valence-corrected chi connectivity index (χ1v) is 6.48. The fourth-order valence-electron chi connectivity index (χ4n) is 2.16. The average Bonchev–Trinajstić information content (AvgIpc) is 3.23. The Hall–Kier alpha value is -2.15. The molecule has 0 spiro atoms. The number of anilines is 1. The SMILES string of the molecule is CC(CN)(NC(=O)Nc1cccc([N+](=O)[O-])c1)C1CC1. The lowest BCUT2D eigenvalue weighted by Gasteiger charge is -2.29. The molecule has 2 amide bonds. The molecule has 0 bridgehead atoms. The van der Waals surface area contributed by atoms with E-state index in [9.17, 15) is 14.9 Å². The van der Waals surface area contributed by atoms with Gasteiger partial charge in [0, 0.05) is 24.4 Å². The van der Waals surface area contributed by atoms with E-state index in [1.54, 1.807) is 6.07 Å². The second kappa shape index (κ2) is 5.46. The molecule has 7 heteroatoms. The van der Waals surface area contributed by atoms with Crippen molar-refractivity contribution < 1.29 is 9.72 Å². The van der Waals surface area contributed by atoms with Crippen LogP contribution in [0.15, 0.2) is 24.3 Å². The van der Waals surface area contributed by atoms with Crippen LogP contribution in [-0.4, -0.2) is 23.0 Å². The minimum atomic E-state index is -0.503. The van der Waals surface area contributed by atoms with Gasteiger partial charge in [0.1, 0.15) is 0 Å². The van der Waals surface area contributed by atoms with Crippen molar-refractivity contribution in [3.05, 3.63) is 34.4 Å². The maximum atomic E-state index is 12.0. The van der Waals surface area contributed by atoms with Crippen LogP contribution in [0.2, 0.25) is 0 Å². The van der Waals surface area contributed by atoms with Gasteiger partial charge in [0.05, 0.1) is 10.5 Å². The molecule has 1 aromatic carbocycles. The Morgan fingerprint density at radius 2 is 2.25 bits per heavy atom. The van der Waals surface area contributed by atoms with E-state index < -0.39 is 16.5 Å². The molecule has 0 aromatic heterocycles. The standard InChI is InChI=1S/C13H18N4O3/c1-13(8-14,9-5-6-9)16-12(18)15-10-3-2-4-11(7-10)17(19)20/h2-4,7,9H,5-6,8,14H2,1H3,(H2,15,16,18). The molecule has 1 aliphatic rings. The molecule has 1 aliphatic carbocycles. The summed E-state index contributed by atoms with van der Waals surface area (Å²) >= 11 is 0. The van der Waals surface area contributed by atoms with Crippen molar-refractivity contribution in [2.45, 2.75) is 25.3 Å². The summed E-state index contributed by atoms with van der Waals surface area (Å²) in [6.07, 6.45) is 2.12. The maximum absolute atomic E-state index is 12.0. The number of rotatable bonds is 5. The zero-order valence-electron chi connectivity index (χ0n) is 11.3. The summed E-state index contributed by atoms with van der Waals surface area (Å²) in [5, 5.41) is 16.1. The third kappa shape index (κ3) is 3.24. The van der Waals surface area contributed by atoms with Crippen LogP contribution in [0, 0.1) is 16.0 Å². The number of carbonyl (C=O) groups excluding carboxylic acids is 1. The first kappa shape index (κ1) is 14.3. The number of nitro groups is 1. The Labute approximate surface area is 116 Å². The van der Waals surface area contributed by atoms with E-state index in [-0.39, 0.29) is 5.69 Å². The molecule has 1 atom stereocenters. The highest BCUT2D eigenvalue weighted by Gasteiger charge is 2.41. The second-order valence-corrected chi connectivity index (χ2v) is 5.28. The number of amides is 2. The molecule has 1 unspecified atom stereocenters. The lowest BCUT2D eigenvalue weighted by Crippen LogP contribution is -2.54. The van der Waals surface area contributed by atoms with Crippen molar-refractivity contribution in [2.75, 3.05) is 11.9 Å². The van der Waals surface area contributed by atoms with Gasteiger partial charge in [0.2, 0.25) is 0 Å². The number of carbonyl (C=O) groups is 1. The Balaban J connectivity index is 2.00. The number of nitrogens with two attached hydrogens (primary N) is 1. The van der Waals surface area contributed by atoms with Crippen molar-refractivity contribution in [1.82, 2.24) is 5.32 Å². The molecule has 0 radical (unpaired) electrons. The smallest absolute Gasteiger partial charge is 0.319 e. The second-order valence-electron chi connectivity index (χ2n) is 5.28. The van der Waals surface area contributed by atoms with Crippen molar-refractivity contribution in [3.8, 4) is 0 Å². The van der Waals surface area contributed by atoms with Crippen molar-refractivity contribution >= 4 is 17.4 Å². The van der Waals surface area contributed by atoms with Crippen LogP contribution in [-0.2, 0) is 0 Å². The van der Waals surface area contributed by atoms with Crippen LogP contribution in [0.3, 0.4) is 0 Å². The number of urea groups is 1. The molecule has 20 heavy (non-hydrogen) atoms. The van der Waals surface area contributed by atoms with Crippen LogP contribution in [0.5, 0.6) is 0 Å². The fraction of sp³-hybridized carbons (Fsp3) is 0.462. The summed E-state index contributed by atoms with van der Waals surface area (Å²) in [5.41, 5.74) is 5.61. The molecule has 2 rings (SSSR count). The van der Waals surface area contributed by atoms with E-state index in [0.717, 1.165) is 12.8 Å². The quantitative estimate of drug-likeness (QED) is 0.563. The van der Waals surface area contributed by atoms with Gasteiger partial charge in [-0.25, -0.2) is 4.79 Å². The average molecular weight is 278 g/mol. The summed E-state index contributed by atoms with van der Waals surface area (Å²) < 4.78 is 0. The number of nitro benzene ring substituents is 1. The highest BCUT2D eigenvalue weighted by Crippen LogP contribution is 2.38. The third-order valence-corrected chi connectivity index (χ3v) is 3.62. The van der Waals surface area contributed by atoms with Crippen molar-refractivity contribution in [1.29, 1.82) is 0 Å². The summed E-state index contributed by atoms with van der Waals surface area (Å²) in [4.78, 5) is 22.1. The van der Waals surface area contributed by atoms with Gasteiger partial charge in [0.25, 0.3) is 5.69 Å². The van der Waals surface area contributed by atoms with E-state index in [1.165, 1.54) is 18.2 Å². The summed E-state index contributed by atoms with van der Waals surface area (Å²) in [6, 6.07) is 5.42. The fourth-order valence-corrected chi connectivity index (χ4v) is 2.16. The Kier molecular flexibility index (Phi) is 3.89. The highest BCUT2D eigenvalue weighted by molar-refractivity contribution is 5.90.